The second kappa shape index (κ2) is 9.73. The van der Waals surface area contributed by atoms with Crippen LogP contribution in [0.4, 0.5) is 0 Å². The molecule has 3 rings (SSSR count). The fraction of sp³-hybridized carbons (Fsp3) is 0.611. The van der Waals surface area contributed by atoms with Gasteiger partial charge >= 0.3 is 0 Å². The highest BCUT2D eigenvalue weighted by Crippen LogP contribution is 2.40. The normalized spacial score (nSPS) is 16.8. The molecule has 0 radical (unpaired) electrons. The van der Waals surface area contributed by atoms with Crippen LogP contribution >= 0.6 is 12.4 Å². The first-order valence-electron chi connectivity index (χ1n) is 8.73. The van der Waals surface area contributed by atoms with Gasteiger partial charge in [0, 0.05) is 32.6 Å². The molecule has 1 aromatic rings. The monoisotopic (exact) mass is 370 g/mol. The van der Waals surface area contributed by atoms with Gasteiger partial charge < -0.3 is 24.4 Å². The lowest BCUT2D eigenvalue weighted by Crippen LogP contribution is -2.36. The van der Waals surface area contributed by atoms with Crippen molar-refractivity contribution in [3.05, 3.63) is 17.7 Å². The van der Waals surface area contributed by atoms with E-state index in [2.05, 4.69) is 5.32 Å². The lowest BCUT2D eigenvalue weighted by molar-refractivity contribution is -0.130. The zero-order valence-corrected chi connectivity index (χ0v) is 15.5. The molecule has 1 amide bonds. The van der Waals surface area contributed by atoms with Gasteiger partial charge in [0.25, 0.3) is 0 Å². The number of likely N-dealkylation sites (tertiary alicyclic amines) is 1. The lowest BCUT2D eigenvalue weighted by atomic mass is 10.1. The third-order valence-corrected chi connectivity index (χ3v) is 4.45. The van der Waals surface area contributed by atoms with E-state index in [-0.39, 0.29) is 18.3 Å². The van der Waals surface area contributed by atoms with Gasteiger partial charge in [-0.3, -0.25) is 4.79 Å². The molecule has 2 heterocycles. The number of rotatable bonds is 6. The van der Waals surface area contributed by atoms with Gasteiger partial charge in [-0.2, -0.15) is 0 Å². The quantitative estimate of drug-likeness (QED) is 0.779. The lowest BCUT2D eigenvalue weighted by Gasteiger charge is -2.22. The number of ether oxygens (including phenoxy) is 3. The van der Waals surface area contributed by atoms with Crippen LogP contribution < -0.4 is 19.5 Å². The van der Waals surface area contributed by atoms with E-state index < -0.39 is 0 Å². The molecule has 1 saturated heterocycles. The van der Waals surface area contributed by atoms with Crippen molar-refractivity contribution in [1.29, 1.82) is 0 Å². The van der Waals surface area contributed by atoms with E-state index >= 15 is 0 Å². The van der Waals surface area contributed by atoms with Crippen molar-refractivity contribution in [2.75, 3.05) is 40.0 Å². The molecular weight excluding hydrogens is 344 g/mol. The van der Waals surface area contributed by atoms with Crippen molar-refractivity contribution in [2.24, 2.45) is 0 Å². The number of hydrogen-bond donors (Lipinski definition) is 1. The highest BCUT2D eigenvalue weighted by molar-refractivity contribution is 5.85. The van der Waals surface area contributed by atoms with Crippen LogP contribution in [0.3, 0.4) is 0 Å². The SMILES string of the molecule is COc1cc(CNCCN2CCCCCC2=O)cc2c1OCCO2.Cl. The number of fused-ring (bicyclic) bond motifs is 1. The largest absolute Gasteiger partial charge is 0.493 e. The molecule has 0 unspecified atom stereocenters. The third kappa shape index (κ3) is 5.16. The van der Waals surface area contributed by atoms with Gasteiger partial charge in [0.2, 0.25) is 11.7 Å². The summed E-state index contributed by atoms with van der Waals surface area (Å²) in [5.74, 6) is 2.41. The van der Waals surface area contributed by atoms with Gasteiger partial charge in [-0.05, 0) is 30.5 Å². The maximum absolute atomic E-state index is 12.0. The van der Waals surface area contributed by atoms with Gasteiger partial charge in [0.05, 0.1) is 7.11 Å². The first-order valence-corrected chi connectivity index (χ1v) is 8.73. The maximum atomic E-state index is 12.0. The molecular formula is C18H27ClN2O4. The number of amides is 1. The summed E-state index contributed by atoms with van der Waals surface area (Å²) < 4.78 is 16.7. The minimum absolute atomic E-state index is 0. The Hall–Kier alpha value is -1.66. The number of halogens is 1. The molecule has 1 aromatic carbocycles. The van der Waals surface area contributed by atoms with Crippen LogP contribution in [-0.4, -0.2) is 50.8 Å². The van der Waals surface area contributed by atoms with E-state index in [1.807, 2.05) is 17.0 Å². The van der Waals surface area contributed by atoms with Crippen molar-refractivity contribution in [1.82, 2.24) is 10.2 Å². The Bertz CT molecular complexity index is 565. The van der Waals surface area contributed by atoms with Gasteiger partial charge in [-0.1, -0.05) is 6.42 Å². The Kier molecular flexibility index (Phi) is 7.65. The van der Waals surface area contributed by atoms with Crippen LogP contribution in [0, 0.1) is 0 Å². The fourth-order valence-corrected chi connectivity index (χ4v) is 3.15. The Morgan fingerprint density at radius 2 is 2.04 bits per heavy atom. The van der Waals surface area contributed by atoms with E-state index in [4.69, 9.17) is 14.2 Å². The summed E-state index contributed by atoms with van der Waals surface area (Å²) in [7, 11) is 1.63. The summed E-state index contributed by atoms with van der Waals surface area (Å²) in [5, 5.41) is 3.40. The molecule has 1 fully saturated rings. The van der Waals surface area contributed by atoms with Crippen LogP contribution in [0.5, 0.6) is 17.2 Å². The summed E-state index contributed by atoms with van der Waals surface area (Å²) in [6.45, 7) is 4.24. The van der Waals surface area contributed by atoms with Crippen LogP contribution in [0.2, 0.25) is 0 Å². The predicted molar refractivity (Wildman–Crippen MR) is 98.0 cm³/mol. The highest BCUT2D eigenvalue weighted by Gasteiger charge is 2.19. The number of carbonyl (C=O) groups is 1. The van der Waals surface area contributed by atoms with Crippen LogP contribution in [-0.2, 0) is 11.3 Å². The highest BCUT2D eigenvalue weighted by atomic mass is 35.5. The number of hydrogen-bond acceptors (Lipinski definition) is 5. The summed E-state index contributed by atoms with van der Waals surface area (Å²) >= 11 is 0. The average molecular weight is 371 g/mol. The zero-order chi connectivity index (χ0) is 16.8. The summed E-state index contributed by atoms with van der Waals surface area (Å²) in [4.78, 5) is 14.0. The standard InChI is InChI=1S/C18H26N2O4.ClH/c1-22-15-11-14(12-16-18(15)24-10-9-23-16)13-19-6-8-20-7-4-2-3-5-17(20)21;/h11-12,19H,2-10,13H2,1H3;1H. The number of benzene rings is 1. The smallest absolute Gasteiger partial charge is 0.222 e. The molecule has 1 N–H and O–H groups in total. The number of nitrogens with zero attached hydrogens (tertiary/aromatic N) is 1. The van der Waals surface area contributed by atoms with E-state index in [1.54, 1.807) is 7.11 Å². The van der Waals surface area contributed by atoms with Crippen molar-refractivity contribution < 1.29 is 19.0 Å². The molecule has 0 atom stereocenters. The van der Waals surface area contributed by atoms with Crippen LogP contribution in [0.25, 0.3) is 0 Å². The first-order chi connectivity index (χ1) is 11.8. The summed E-state index contributed by atoms with van der Waals surface area (Å²) in [6, 6.07) is 3.96. The van der Waals surface area contributed by atoms with Crippen LogP contribution in [0.15, 0.2) is 12.1 Å². The molecule has 0 aliphatic carbocycles. The minimum Gasteiger partial charge on any atom is -0.493 e. The van der Waals surface area contributed by atoms with E-state index in [9.17, 15) is 4.79 Å². The summed E-state index contributed by atoms with van der Waals surface area (Å²) in [6.07, 6.45) is 4.00. The Labute approximate surface area is 155 Å². The summed E-state index contributed by atoms with van der Waals surface area (Å²) in [5.41, 5.74) is 1.08. The van der Waals surface area contributed by atoms with Crippen molar-refractivity contribution in [2.45, 2.75) is 32.2 Å². The first kappa shape index (κ1) is 19.7. The van der Waals surface area contributed by atoms with Crippen LogP contribution in [0.1, 0.15) is 31.2 Å². The zero-order valence-electron chi connectivity index (χ0n) is 14.7. The molecule has 0 spiro atoms. The molecule has 6 nitrogen and oxygen atoms in total. The Morgan fingerprint density at radius 3 is 2.88 bits per heavy atom. The van der Waals surface area contributed by atoms with Crippen molar-refractivity contribution >= 4 is 18.3 Å². The van der Waals surface area contributed by atoms with Gasteiger partial charge in [0.1, 0.15) is 13.2 Å². The van der Waals surface area contributed by atoms with Crippen molar-refractivity contribution in [3.8, 4) is 17.2 Å². The number of carbonyl (C=O) groups excluding carboxylic acids is 1. The van der Waals surface area contributed by atoms with E-state index in [0.717, 1.165) is 50.2 Å². The van der Waals surface area contributed by atoms with E-state index in [1.165, 1.54) is 0 Å². The second-order valence-corrected chi connectivity index (χ2v) is 6.19. The molecule has 2 aliphatic rings. The molecule has 0 aromatic heterocycles. The molecule has 25 heavy (non-hydrogen) atoms. The predicted octanol–water partition coefficient (Wildman–Crippen LogP) is 2.38. The fourth-order valence-electron chi connectivity index (χ4n) is 3.15. The van der Waals surface area contributed by atoms with Crippen molar-refractivity contribution in [3.63, 3.8) is 0 Å². The Morgan fingerprint density at radius 1 is 1.20 bits per heavy atom. The van der Waals surface area contributed by atoms with Gasteiger partial charge in [-0.15, -0.1) is 12.4 Å². The van der Waals surface area contributed by atoms with Gasteiger partial charge in [-0.25, -0.2) is 0 Å². The molecule has 7 heteroatoms. The molecule has 2 aliphatic heterocycles. The molecule has 140 valence electrons. The Balaban J connectivity index is 0.00000225. The number of nitrogens with one attached hydrogen (secondary N) is 1. The maximum Gasteiger partial charge on any atom is 0.222 e. The molecule has 0 saturated carbocycles. The topological polar surface area (TPSA) is 60.0 Å². The number of methoxy groups -OCH3 is 1. The third-order valence-electron chi connectivity index (χ3n) is 4.45. The average Bonchev–Trinajstić information content (AvgIpc) is 2.82. The van der Waals surface area contributed by atoms with Gasteiger partial charge in [0.15, 0.2) is 11.5 Å². The minimum atomic E-state index is 0. The second-order valence-electron chi connectivity index (χ2n) is 6.19. The molecule has 0 bridgehead atoms. The van der Waals surface area contributed by atoms with E-state index in [0.29, 0.717) is 37.7 Å².